The van der Waals surface area contributed by atoms with Crippen LogP contribution in [0.5, 0.6) is 5.75 Å². The van der Waals surface area contributed by atoms with E-state index >= 15 is 0 Å². The number of aryl methyl sites for hydroxylation is 1. The number of carbonyl (C=O) groups is 2. The number of anilines is 1. The van der Waals surface area contributed by atoms with E-state index in [9.17, 15) is 18.0 Å². The van der Waals surface area contributed by atoms with Crippen LogP contribution in [0.1, 0.15) is 25.0 Å². The van der Waals surface area contributed by atoms with Crippen molar-refractivity contribution in [3.8, 4) is 5.75 Å². The second-order valence-corrected chi connectivity index (χ2v) is 10.0. The third kappa shape index (κ3) is 7.10. The molecule has 0 aromatic heterocycles. The lowest BCUT2D eigenvalue weighted by Crippen LogP contribution is -2.51. The minimum atomic E-state index is -3.84. The molecule has 1 atom stereocenters. The van der Waals surface area contributed by atoms with Gasteiger partial charge in [0.2, 0.25) is 21.8 Å². The lowest BCUT2D eigenvalue weighted by molar-refractivity contribution is -0.139. The maximum Gasteiger partial charge on any atom is 0.244 e. The molecule has 0 radical (unpaired) electrons. The third-order valence-corrected chi connectivity index (χ3v) is 6.45. The molecule has 0 saturated carbocycles. The number of hydrogen-bond acceptors (Lipinski definition) is 5. The maximum atomic E-state index is 13.5. The van der Waals surface area contributed by atoms with Gasteiger partial charge in [0.05, 0.1) is 19.1 Å². The predicted molar refractivity (Wildman–Crippen MR) is 130 cm³/mol. The molecule has 2 aromatic carbocycles. The molecular weight excluding hydrogens is 466 g/mol. The lowest BCUT2D eigenvalue weighted by atomic mass is 10.1. The summed E-state index contributed by atoms with van der Waals surface area (Å²) in [6.07, 6.45) is 1.03. The Bertz CT molecular complexity index is 1090. The Morgan fingerprint density at radius 3 is 2.33 bits per heavy atom. The number of halogens is 1. The molecule has 0 fully saturated rings. The van der Waals surface area contributed by atoms with Crippen LogP contribution in [0, 0.1) is 6.92 Å². The minimum absolute atomic E-state index is 0.108. The summed E-state index contributed by atoms with van der Waals surface area (Å²) in [5.74, 6) is -0.545. The minimum Gasteiger partial charge on any atom is -0.495 e. The average molecular weight is 496 g/mol. The van der Waals surface area contributed by atoms with Crippen molar-refractivity contribution in [1.29, 1.82) is 0 Å². The van der Waals surface area contributed by atoms with Crippen molar-refractivity contribution in [3.63, 3.8) is 0 Å². The molecular formula is C23H30ClN3O5S. The second kappa shape index (κ2) is 11.4. The van der Waals surface area contributed by atoms with Gasteiger partial charge in [-0.25, -0.2) is 8.42 Å². The predicted octanol–water partition coefficient (Wildman–Crippen LogP) is 2.98. The number of benzene rings is 2. The summed E-state index contributed by atoms with van der Waals surface area (Å²) in [5, 5.41) is 3.26. The fraction of sp³-hybridized carbons (Fsp3) is 0.391. The number of methoxy groups -OCH3 is 1. The first kappa shape index (κ1) is 26.5. The van der Waals surface area contributed by atoms with Crippen molar-refractivity contribution in [1.82, 2.24) is 10.2 Å². The molecule has 10 heteroatoms. The third-order valence-electron chi connectivity index (χ3n) is 5.07. The fourth-order valence-corrected chi connectivity index (χ4v) is 4.25. The van der Waals surface area contributed by atoms with Crippen LogP contribution in [-0.4, -0.2) is 57.6 Å². The Morgan fingerprint density at radius 1 is 1.15 bits per heavy atom. The Balaban J connectivity index is 2.44. The zero-order chi connectivity index (χ0) is 24.8. The van der Waals surface area contributed by atoms with E-state index in [0.717, 1.165) is 21.7 Å². The molecule has 0 bridgehead atoms. The van der Waals surface area contributed by atoms with E-state index in [0.29, 0.717) is 17.3 Å². The van der Waals surface area contributed by atoms with Crippen LogP contribution in [-0.2, 0) is 26.2 Å². The van der Waals surface area contributed by atoms with E-state index in [-0.39, 0.29) is 18.1 Å². The number of likely N-dealkylation sites (N-methyl/N-ethyl adjacent to an activating group) is 1. The Kier molecular flexibility index (Phi) is 9.13. The number of nitrogens with zero attached hydrogens (tertiary/aromatic N) is 2. The molecule has 1 unspecified atom stereocenters. The lowest BCUT2D eigenvalue weighted by Gasteiger charge is -2.31. The van der Waals surface area contributed by atoms with Crippen LogP contribution in [0.15, 0.2) is 42.5 Å². The Hall–Kier alpha value is -2.78. The van der Waals surface area contributed by atoms with Gasteiger partial charge < -0.3 is 15.0 Å². The summed E-state index contributed by atoms with van der Waals surface area (Å²) in [4.78, 5) is 27.4. The van der Waals surface area contributed by atoms with E-state index < -0.39 is 28.5 Å². The van der Waals surface area contributed by atoms with Crippen LogP contribution < -0.4 is 14.4 Å². The van der Waals surface area contributed by atoms with E-state index in [4.69, 9.17) is 16.3 Å². The van der Waals surface area contributed by atoms with Crippen molar-refractivity contribution in [2.24, 2.45) is 0 Å². The van der Waals surface area contributed by atoms with Gasteiger partial charge in [0.25, 0.3) is 0 Å². The highest BCUT2D eigenvalue weighted by Crippen LogP contribution is 2.31. The van der Waals surface area contributed by atoms with Gasteiger partial charge in [-0.1, -0.05) is 29.8 Å². The highest BCUT2D eigenvalue weighted by atomic mass is 35.5. The molecule has 0 spiro atoms. The molecule has 0 saturated heterocycles. The average Bonchev–Trinajstić information content (AvgIpc) is 2.75. The van der Waals surface area contributed by atoms with Gasteiger partial charge in [-0.3, -0.25) is 13.9 Å². The summed E-state index contributed by atoms with van der Waals surface area (Å²) in [6.45, 7) is 5.23. The van der Waals surface area contributed by atoms with Crippen molar-refractivity contribution in [2.45, 2.75) is 33.4 Å². The van der Waals surface area contributed by atoms with Crippen LogP contribution in [0.25, 0.3) is 0 Å². The summed E-state index contributed by atoms with van der Waals surface area (Å²) in [5.41, 5.74) is 1.81. The van der Waals surface area contributed by atoms with Gasteiger partial charge in [-0.2, -0.15) is 0 Å². The van der Waals surface area contributed by atoms with Crippen molar-refractivity contribution >= 4 is 39.1 Å². The van der Waals surface area contributed by atoms with Gasteiger partial charge in [0.1, 0.15) is 18.3 Å². The number of amides is 2. The van der Waals surface area contributed by atoms with Crippen LogP contribution in [0.4, 0.5) is 5.69 Å². The Labute approximate surface area is 200 Å². The number of nitrogens with one attached hydrogen (secondary N) is 1. The largest absolute Gasteiger partial charge is 0.495 e. The van der Waals surface area contributed by atoms with E-state index in [2.05, 4.69) is 5.32 Å². The van der Waals surface area contributed by atoms with Crippen LogP contribution in [0.3, 0.4) is 0 Å². The molecule has 180 valence electrons. The second-order valence-electron chi connectivity index (χ2n) is 7.66. The Morgan fingerprint density at radius 2 is 1.79 bits per heavy atom. The molecule has 2 amide bonds. The number of sulfonamides is 1. The van der Waals surface area contributed by atoms with Gasteiger partial charge in [-0.15, -0.1) is 0 Å². The molecule has 0 heterocycles. The number of rotatable bonds is 10. The smallest absolute Gasteiger partial charge is 0.244 e. The highest BCUT2D eigenvalue weighted by Gasteiger charge is 2.31. The summed E-state index contributed by atoms with van der Waals surface area (Å²) in [7, 11) is -2.41. The van der Waals surface area contributed by atoms with Crippen molar-refractivity contribution in [3.05, 3.63) is 58.6 Å². The van der Waals surface area contributed by atoms with Gasteiger partial charge in [-0.05, 0) is 56.2 Å². The van der Waals surface area contributed by atoms with Gasteiger partial charge in [0, 0.05) is 18.1 Å². The fourth-order valence-electron chi connectivity index (χ4n) is 3.28. The molecule has 1 N–H and O–H groups in total. The first-order valence-corrected chi connectivity index (χ1v) is 12.6. The van der Waals surface area contributed by atoms with Crippen molar-refractivity contribution < 1.29 is 22.7 Å². The van der Waals surface area contributed by atoms with Crippen LogP contribution in [0.2, 0.25) is 5.02 Å². The summed E-state index contributed by atoms with van der Waals surface area (Å²) >= 11 is 5.96. The molecule has 33 heavy (non-hydrogen) atoms. The van der Waals surface area contributed by atoms with Gasteiger partial charge >= 0.3 is 0 Å². The quantitative estimate of drug-likeness (QED) is 0.546. The molecule has 0 aliphatic carbocycles. The number of ether oxygens (including phenoxy) is 1. The van der Waals surface area contributed by atoms with E-state index in [1.807, 2.05) is 6.92 Å². The SMILES string of the molecule is CCNC(=O)C(C)N(Cc1ccc(Cl)cc1)C(=O)CN(c1cc(C)ccc1OC)S(C)(=O)=O. The number of carbonyl (C=O) groups excluding carboxylic acids is 2. The van der Waals surface area contributed by atoms with E-state index in [1.165, 1.54) is 12.0 Å². The van der Waals surface area contributed by atoms with Gasteiger partial charge in [0.15, 0.2) is 0 Å². The molecule has 0 aliphatic heterocycles. The van der Waals surface area contributed by atoms with Crippen LogP contribution >= 0.6 is 11.6 Å². The number of hydrogen-bond donors (Lipinski definition) is 1. The summed E-state index contributed by atoms with van der Waals surface area (Å²) in [6, 6.07) is 11.1. The maximum absolute atomic E-state index is 13.5. The molecule has 8 nitrogen and oxygen atoms in total. The van der Waals surface area contributed by atoms with E-state index in [1.54, 1.807) is 56.3 Å². The molecule has 2 rings (SSSR count). The highest BCUT2D eigenvalue weighted by molar-refractivity contribution is 7.92. The normalized spacial score (nSPS) is 12.1. The first-order valence-electron chi connectivity index (χ1n) is 10.4. The van der Waals surface area contributed by atoms with Crippen molar-refractivity contribution in [2.75, 3.05) is 30.8 Å². The standard InChI is InChI=1S/C23H30ClN3O5S/c1-6-25-23(29)17(3)26(14-18-8-10-19(24)11-9-18)22(28)15-27(33(5,30)31)20-13-16(2)7-12-21(20)32-4/h7-13,17H,6,14-15H2,1-5H3,(H,25,29). The zero-order valence-electron chi connectivity index (χ0n) is 19.5. The monoisotopic (exact) mass is 495 g/mol. The first-order chi connectivity index (χ1) is 15.5. The molecule has 2 aromatic rings. The zero-order valence-corrected chi connectivity index (χ0v) is 21.0. The topological polar surface area (TPSA) is 96.0 Å². The summed E-state index contributed by atoms with van der Waals surface area (Å²) < 4.78 is 31.7. The molecule has 0 aliphatic rings.